The second kappa shape index (κ2) is 10.1. The van der Waals surface area contributed by atoms with Crippen molar-refractivity contribution in [2.75, 3.05) is 18.0 Å². The van der Waals surface area contributed by atoms with Gasteiger partial charge in [-0.25, -0.2) is 0 Å². The number of hydrogen-bond donors (Lipinski definition) is 3. The summed E-state index contributed by atoms with van der Waals surface area (Å²) in [7, 11) is 0. The van der Waals surface area contributed by atoms with Gasteiger partial charge >= 0.3 is 0 Å². The van der Waals surface area contributed by atoms with Gasteiger partial charge in [-0.3, -0.25) is 4.79 Å². The maximum Gasteiger partial charge on any atom is 0.251 e. The summed E-state index contributed by atoms with van der Waals surface area (Å²) in [5.74, 6) is -0.0790. The summed E-state index contributed by atoms with van der Waals surface area (Å²) in [6.45, 7) is 2.95. The quantitative estimate of drug-likeness (QED) is 0.454. The van der Waals surface area contributed by atoms with Crippen LogP contribution in [0.4, 0.5) is 11.4 Å². The normalized spacial score (nSPS) is 10.5. The molecule has 1 amide bonds. The van der Waals surface area contributed by atoms with Gasteiger partial charge in [-0.05, 0) is 24.6 Å². The molecule has 118 valence electrons. The van der Waals surface area contributed by atoms with Crippen LogP contribution in [0.2, 0.25) is 0 Å². The number of nitrogens with one attached hydrogen (secondary N) is 1. The van der Waals surface area contributed by atoms with Crippen LogP contribution in [0.5, 0.6) is 0 Å². The first kappa shape index (κ1) is 17.3. The van der Waals surface area contributed by atoms with E-state index >= 15 is 0 Å². The fourth-order valence-corrected chi connectivity index (χ4v) is 2.28. The van der Waals surface area contributed by atoms with Gasteiger partial charge < -0.3 is 16.8 Å². The Morgan fingerprint density at radius 2 is 1.57 bits per heavy atom. The standard InChI is InChI=1S/C17H29N3O/c1-2-3-4-5-6-7-8-9-12-20-17(21)14-10-11-15(18)16(19)13-14/h10-11,13H,2-9,12,18-19H2,1H3,(H,20,21). The van der Waals surface area contributed by atoms with Gasteiger partial charge in [-0.1, -0.05) is 51.9 Å². The summed E-state index contributed by atoms with van der Waals surface area (Å²) in [6, 6.07) is 4.99. The van der Waals surface area contributed by atoms with Gasteiger partial charge in [0.05, 0.1) is 11.4 Å². The van der Waals surface area contributed by atoms with Crippen molar-refractivity contribution in [1.82, 2.24) is 5.32 Å². The number of carbonyl (C=O) groups is 1. The smallest absolute Gasteiger partial charge is 0.251 e. The summed E-state index contributed by atoms with van der Waals surface area (Å²) >= 11 is 0. The Morgan fingerprint density at radius 3 is 2.19 bits per heavy atom. The van der Waals surface area contributed by atoms with Crippen molar-refractivity contribution in [2.45, 2.75) is 58.3 Å². The minimum Gasteiger partial charge on any atom is -0.397 e. The van der Waals surface area contributed by atoms with E-state index in [1.165, 1.54) is 44.9 Å². The van der Waals surface area contributed by atoms with Crippen molar-refractivity contribution < 1.29 is 4.79 Å². The monoisotopic (exact) mass is 291 g/mol. The molecule has 21 heavy (non-hydrogen) atoms. The van der Waals surface area contributed by atoms with Crippen molar-refractivity contribution in [3.05, 3.63) is 23.8 Å². The van der Waals surface area contributed by atoms with Gasteiger partial charge in [-0.15, -0.1) is 0 Å². The van der Waals surface area contributed by atoms with Crippen LogP contribution >= 0.6 is 0 Å². The molecule has 0 fully saturated rings. The van der Waals surface area contributed by atoms with E-state index in [9.17, 15) is 4.79 Å². The predicted octanol–water partition coefficient (Wildman–Crippen LogP) is 3.72. The summed E-state index contributed by atoms with van der Waals surface area (Å²) in [5, 5.41) is 2.92. The van der Waals surface area contributed by atoms with Gasteiger partial charge in [-0.2, -0.15) is 0 Å². The predicted molar refractivity (Wildman–Crippen MR) is 90.2 cm³/mol. The number of carbonyl (C=O) groups excluding carboxylic acids is 1. The Hall–Kier alpha value is -1.71. The van der Waals surface area contributed by atoms with Gasteiger partial charge in [0.25, 0.3) is 5.91 Å². The molecular formula is C17H29N3O. The van der Waals surface area contributed by atoms with Crippen LogP contribution in [-0.4, -0.2) is 12.5 Å². The number of unbranched alkanes of at least 4 members (excludes halogenated alkanes) is 7. The summed E-state index contributed by atoms with van der Waals surface area (Å²) in [4.78, 5) is 11.9. The Kier molecular flexibility index (Phi) is 8.32. The van der Waals surface area contributed by atoms with E-state index in [0.717, 1.165) is 13.0 Å². The lowest BCUT2D eigenvalue weighted by Gasteiger charge is -2.07. The molecule has 1 rings (SSSR count). The maximum atomic E-state index is 11.9. The highest BCUT2D eigenvalue weighted by molar-refractivity contribution is 5.95. The fraction of sp³-hybridized carbons (Fsp3) is 0.588. The third-order valence-electron chi connectivity index (χ3n) is 3.66. The van der Waals surface area contributed by atoms with Crippen LogP contribution in [0.15, 0.2) is 18.2 Å². The van der Waals surface area contributed by atoms with Crippen LogP contribution in [0.25, 0.3) is 0 Å². The minimum absolute atomic E-state index is 0.0790. The highest BCUT2D eigenvalue weighted by Crippen LogP contribution is 2.15. The van der Waals surface area contributed by atoms with Crippen LogP contribution in [0.3, 0.4) is 0 Å². The lowest BCUT2D eigenvalue weighted by Crippen LogP contribution is -2.24. The fourth-order valence-electron chi connectivity index (χ4n) is 2.28. The number of benzene rings is 1. The average molecular weight is 291 g/mol. The highest BCUT2D eigenvalue weighted by Gasteiger charge is 2.06. The zero-order chi connectivity index (χ0) is 15.5. The lowest BCUT2D eigenvalue weighted by atomic mass is 10.1. The van der Waals surface area contributed by atoms with Crippen molar-refractivity contribution >= 4 is 17.3 Å². The van der Waals surface area contributed by atoms with Gasteiger partial charge in [0.2, 0.25) is 0 Å². The highest BCUT2D eigenvalue weighted by atomic mass is 16.1. The molecule has 4 heteroatoms. The number of anilines is 2. The Bertz CT molecular complexity index is 432. The van der Waals surface area contributed by atoms with Gasteiger partial charge in [0, 0.05) is 12.1 Å². The van der Waals surface area contributed by atoms with Gasteiger partial charge in [0.1, 0.15) is 0 Å². The number of rotatable bonds is 10. The SMILES string of the molecule is CCCCCCCCCCNC(=O)c1ccc(N)c(N)c1. The van der Waals surface area contributed by atoms with Crippen LogP contribution in [-0.2, 0) is 0 Å². The van der Waals surface area contributed by atoms with E-state index in [1.807, 2.05) is 0 Å². The number of nitrogen functional groups attached to an aromatic ring is 2. The zero-order valence-corrected chi connectivity index (χ0v) is 13.2. The second-order valence-electron chi connectivity index (χ2n) is 5.57. The maximum absolute atomic E-state index is 11.9. The van der Waals surface area contributed by atoms with E-state index in [-0.39, 0.29) is 5.91 Å². The molecule has 0 aliphatic rings. The minimum atomic E-state index is -0.0790. The molecule has 0 atom stereocenters. The van der Waals surface area contributed by atoms with Crippen molar-refractivity contribution in [3.8, 4) is 0 Å². The Balaban J connectivity index is 2.09. The Labute approximate surface area is 128 Å². The van der Waals surface area contributed by atoms with E-state index in [4.69, 9.17) is 11.5 Å². The molecular weight excluding hydrogens is 262 g/mol. The molecule has 0 aliphatic carbocycles. The summed E-state index contributed by atoms with van der Waals surface area (Å²) < 4.78 is 0. The number of nitrogens with two attached hydrogens (primary N) is 2. The van der Waals surface area contributed by atoms with Gasteiger partial charge in [0.15, 0.2) is 0 Å². The van der Waals surface area contributed by atoms with E-state index in [1.54, 1.807) is 18.2 Å². The number of hydrogen-bond acceptors (Lipinski definition) is 3. The van der Waals surface area contributed by atoms with Crippen LogP contribution in [0.1, 0.15) is 68.6 Å². The van der Waals surface area contributed by atoms with Crippen molar-refractivity contribution in [1.29, 1.82) is 0 Å². The third-order valence-corrected chi connectivity index (χ3v) is 3.66. The van der Waals surface area contributed by atoms with E-state index in [2.05, 4.69) is 12.2 Å². The topological polar surface area (TPSA) is 81.1 Å². The molecule has 1 aromatic rings. The molecule has 5 N–H and O–H groups in total. The molecule has 1 aromatic carbocycles. The molecule has 0 aliphatic heterocycles. The third kappa shape index (κ3) is 7.02. The summed E-state index contributed by atoms with van der Waals surface area (Å²) in [5.41, 5.74) is 12.9. The molecule has 0 spiro atoms. The van der Waals surface area contributed by atoms with E-state index in [0.29, 0.717) is 16.9 Å². The Morgan fingerprint density at radius 1 is 0.952 bits per heavy atom. The largest absolute Gasteiger partial charge is 0.397 e. The zero-order valence-electron chi connectivity index (χ0n) is 13.2. The average Bonchev–Trinajstić information content (AvgIpc) is 2.48. The molecule has 0 heterocycles. The molecule has 0 saturated heterocycles. The second-order valence-corrected chi connectivity index (χ2v) is 5.57. The van der Waals surface area contributed by atoms with Crippen molar-refractivity contribution in [3.63, 3.8) is 0 Å². The van der Waals surface area contributed by atoms with Crippen LogP contribution in [0, 0.1) is 0 Å². The first-order valence-electron chi connectivity index (χ1n) is 8.08. The molecule has 0 bridgehead atoms. The molecule has 4 nitrogen and oxygen atoms in total. The molecule has 0 unspecified atom stereocenters. The first-order chi connectivity index (χ1) is 10.1. The molecule has 0 saturated carbocycles. The van der Waals surface area contributed by atoms with Crippen LogP contribution < -0.4 is 16.8 Å². The summed E-state index contributed by atoms with van der Waals surface area (Å²) in [6.07, 6.45) is 10.1. The van der Waals surface area contributed by atoms with E-state index < -0.39 is 0 Å². The number of amides is 1. The molecule has 0 radical (unpaired) electrons. The van der Waals surface area contributed by atoms with Crippen molar-refractivity contribution in [2.24, 2.45) is 0 Å². The molecule has 0 aromatic heterocycles. The lowest BCUT2D eigenvalue weighted by molar-refractivity contribution is 0.0953. The first-order valence-corrected chi connectivity index (χ1v) is 8.08.